The summed E-state index contributed by atoms with van der Waals surface area (Å²) in [5, 5.41) is 7.75. The summed E-state index contributed by atoms with van der Waals surface area (Å²) >= 11 is 3.15. The number of carbonyl (C=O) groups excluding carboxylic acids is 1. The standard InChI is InChI=1S/C27H30N4O3S3/c1-19(2)20-6-8-21(9-7-20)25-18-36-27(29-25)31(17-23-5-4-16-35-23)15-14-26(32)30-37(33,34)24-12-10-22(28-3)11-13-24/h4-13,16,18-19,28H,14-15,17H2,1-3H3,(H,30,32). The van der Waals surface area contributed by atoms with Crippen molar-refractivity contribution in [2.75, 3.05) is 23.8 Å². The van der Waals surface area contributed by atoms with Crippen molar-refractivity contribution in [3.05, 3.63) is 81.9 Å². The van der Waals surface area contributed by atoms with Crippen molar-refractivity contribution < 1.29 is 13.2 Å². The van der Waals surface area contributed by atoms with Gasteiger partial charge >= 0.3 is 0 Å². The average molecular weight is 555 g/mol. The minimum absolute atomic E-state index is 0.0111. The number of amides is 1. The Labute approximate surface area is 226 Å². The highest BCUT2D eigenvalue weighted by Gasteiger charge is 2.20. The number of benzene rings is 2. The topological polar surface area (TPSA) is 91.4 Å². The molecule has 0 spiro atoms. The minimum atomic E-state index is -3.95. The van der Waals surface area contributed by atoms with Crippen LogP contribution in [-0.4, -0.2) is 32.9 Å². The molecule has 2 aromatic heterocycles. The summed E-state index contributed by atoms with van der Waals surface area (Å²) in [6.45, 7) is 5.25. The summed E-state index contributed by atoms with van der Waals surface area (Å²) in [4.78, 5) is 20.7. The van der Waals surface area contributed by atoms with E-state index in [-0.39, 0.29) is 11.3 Å². The molecule has 0 aliphatic carbocycles. The van der Waals surface area contributed by atoms with Gasteiger partial charge in [-0.15, -0.1) is 22.7 Å². The Morgan fingerprint density at radius 1 is 1.03 bits per heavy atom. The number of nitrogens with zero attached hydrogens (tertiary/aromatic N) is 2. The Morgan fingerprint density at radius 3 is 2.38 bits per heavy atom. The maximum absolute atomic E-state index is 12.7. The second-order valence-electron chi connectivity index (χ2n) is 8.85. The van der Waals surface area contributed by atoms with Crippen molar-refractivity contribution in [3.8, 4) is 11.3 Å². The quantitative estimate of drug-likeness (QED) is 0.239. The van der Waals surface area contributed by atoms with E-state index in [1.54, 1.807) is 30.5 Å². The van der Waals surface area contributed by atoms with Gasteiger partial charge in [0.25, 0.3) is 10.0 Å². The SMILES string of the molecule is CNc1ccc(S(=O)(=O)NC(=O)CCN(Cc2cccs2)c2nc(-c3ccc(C(C)C)cc3)cs2)cc1. The summed E-state index contributed by atoms with van der Waals surface area (Å²) in [5.74, 6) is -0.0982. The number of nitrogens with one attached hydrogen (secondary N) is 2. The highest BCUT2D eigenvalue weighted by molar-refractivity contribution is 7.90. The van der Waals surface area contributed by atoms with E-state index < -0.39 is 15.9 Å². The highest BCUT2D eigenvalue weighted by atomic mass is 32.2. The van der Waals surface area contributed by atoms with Crippen LogP contribution in [-0.2, 0) is 21.4 Å². The lowest BCUT2D eigenvalue weighted by atomic mass is 10.0. The smallest absolute Gasteiger partial charge is 0.264 e. The zero-order valence-electron chi connectivity index (χ0n) is 21.0. The zero-order chi connectivity index (χ0) is 26.4. The fraction of sp³-hybridized carbons (Fsp3) is 0.259. The average Bonchev–Trinajstić information content (AvgIpc) is 3.59. The number of hydrogen-bond donors (Lipinski definition) is 2. The Bertz CT molecular complexity index is 1410. The van der Waals surface area contributed by atoms with Crippen molar-refractivity contribution in [3.63, 3.8) is 0 Å². The lowest BCUT2D eigenvalue weighted by Crippen LogP contribution is -2.34. The van der Waals surface area contributed by atoms with Crippen LogP contribution >= 0.6 is 22.7 Å². The maximum atomic E-state index is 12.7. The summed E-state index contributed by atoms with van der Waals surface area (Å²) in [6, 6.07) is 18.7. The largest absolute Gasteiger partial charge is 0.388 e. The van der Waals surface area contributed by atoms with Gasteiger partial charge in [0.1, 0.15) is 0 Å². The molecule has 0 fully saturated rings. The van der Waals surface area contributed by atoms with Crippen molar-refractivity contribution in [2.45, 2.75) is 37.6 Å². The molecule has 7 nitrogen and oxygen atoms in total. The van der Waals surface area contributed by atoms with E-state index in [4.69, 9.17) is 4.98 Å². The van der Waals surface area contributed by atoms with E-state index in [9.17, 15) is 13.2 Å². The summed E-state index contributed by atoms with van der Waals surface area (Å²) in [6.07, 6.45) is 0.0111. The van der Waals surface area contributed by atoms with Crippen molar-refractivity contribution in [1.29, 1.82) is 0 Å². The van der Waals surface area contributed by atoms with Gasteiger partial charge in [-0.2, -0.15) is 0 Å². The van der Waals surface area contributed by atoms with Gasteiger partial charge < -0.3 is 10.2 Å². The number of carbonyl (C=O) groups is 1. The fourth-order valence-electron chi connectivity index (χ4n) is 3.71. The van der Waals surface area contributed by atoms with Gasteiger partial charge in [0.15, 0.2) is 5.13 Å². The van der Waals surface area contributed by atoms with Gasteiger partial charge in [-0.05, 0) is 47.2 Å². The summed E-state index contributed by atoms with van der Waals surface area (Å²) in [7, 11) is -2.19. The molecule has 0 radical (unpaired) electrons. The van der Waals surface area contributed by atoms with E-state index in [0.717, 1.165) is 27.0 Å². The Morgan fingerprint density at radius 2 is 1.76 bits per heavy atom. The van der Waals surface area contributed by atoms with E-state index in [0.29, 0.717) is 19.0 Å². The lowest BCUT2D eigenvalue weighted by Gasteiger charge is -2.21. The molecule has 0 unspecified atom stereocenters. The first-order valence-electron chi connectivity index (χ1n) is 11.9. The van der Waals surface area contributed by atoms with Crippen LogP contribution in [0.5, 0.6) is 0 Å². The molecule has 0 saturated carbocycles. The van der Waals surface area contributed by atoms with E-state index in [2.05, 4.69) is 48.2 Å². The molecule has 194 valence electrons. The van der Waals surface area contributed by atoms with Crippen LogP contribution in [0.1, 0.15) is 36.6 Å². The molecule has 2 N–H and O–H groups in total. The summed E-state index contributed by atoms with van der Waals surface area (Å²) < 4.78 is 27.5. The second kappa shape index (κ2) is 11.9. The molecule has 10 heteroatoms. The van der Waals surface area contributed by atoms with Crippen LogP contribution in [0.25, 0.3) is 11.3 Å². The van der Waals surface area contributed by atoms with Crippen molar-refractivity contribution >= 4 is 49.4 Å². The monoisotopic (exact) mass is 554 g/mol. The normalized spacial score (nSPS) is 11.5. The Hall–Kier alpha value is -3.21. The third-order valence-electron chi connectivity index (χ3n) is 5.87. The number of hydrogen-bond acceptors (Lipinski definition) is 8. The molecular weight excluding hydrogens is 525 g/mol. The number of rotatable bonds is 11. The van der Waals surface area contributed by atoms with Crippen LogP contribution in [0.15, 0.2) is 76.3 Å². The molecule has 0 saturated heterocycles. The van der Waals surface area contributed by atoms with Crippen LogP contribution in [0, 0.1) is 0 Å². The molecule has 0 aliphatic heterocycles. The molecule has 1 amide bonds. The summed E-state index contributed by atoms with van der Waals surface area (Å²) in [5.41, 5.74) is 3.98. The van der Waals surface area contributed by atoms with Gasteiger partial charge in [-0.25, -0.2) is 18.1 Å². The first kappa shape index (κ1) is 26.8. The predicted octanol–water partition coefficient (Wildman–Crippen LogP) is 5.94. The van der Waals surface area contributed by atoms with Crippen LogP contribution in [0.3, 0.4) is 0 Å². The Balaban J connectivity index is 1.46. The second-order valence-corrected chi connectivity index (χ2v) is 12.4. The molecule has 4 aromatic rings. The van der Waals surface area contributed by atoms with Crippen molar-refractivity contribution in [2.24, 2.45) is 0 Å². The molecule has 4 rings (SSSR count). The third kappa shape index (κ3) is 6.97. The van der Waals surface area contributed by atoms with Crippen LogP contribution < -0.4 is 14.9 Å². The van der Waals surface area contributed by atoms with E-state index >= 15 is 0 Å². The van der Waals surface area contributed by atoms with Gasteiger partial charge in [-0.3, -0.25) is 4.79 Å². The first-order valence-corrected chi connectivity index (χ1v) is 15.2. The van der Waals surface area contributed by atoms with Gasteiger partial charge in [0.2, 0.25) is 5.91 Å². The van der Waals surface area contributed by atoms with Crippen molar-refractivity contribution in [1.82, 2.24) is 9.71 Å². The number of sulfonamides is 1. The van der Waals surface area contributed by atoms with Crippen LogP contribution in [0.2, 0.25) is 0 Å². The predicted molar refractivity (Wildman–Crippen MR) is 153 cm³/mol. The molecule has 37 heavy (non-hydrogen) atoms. The zero-order valence-corrected chi connectivity index (χ0v) is 23.4. The minimum Gasteiger partial charge on any atom is -0.388 e. The first-order chi connectivity index (χ1) is 17.7. The van der Waals surface area contributed by atoms with Crippen LogP contribution in [0.4, 0.5) is 10.8 Å². The van der Waals surface area contributed by atoms with Gasteiger partial charge in [0, 0.05) is 41.5 Å². The molecule has 2 heterocycles. The number of thiophene rings is 1. The Kier molecular flexibility index (Phi) is 8.63. The molecule has 0 bridgehead atoms. The number of aromatic nitrogens is 1. The van der Waals surface area contributed by atoms with Gasteiger partial charge in [-0.1, -0.05) is 44.2 Å². The van der Waals surface area contributed by atoms with E-state index in [1.165, 1.54) is 29.0 Å². The third-order valence-corrected chi connectivity index (χ3v) is 9.02. The highest BCUT2D eigenvalue weighted by Crippen LogP contribution is 2.30. The maximum Gasteiger partial charge on any atom is 0.264 e. The molecule has 2 aromatic carbocycles. The molecular formula is C27H30N4O3S3. The fourth-order valence-corrected chi connectivity index (χ4v) is 6.31. The number of thiazole rings is 1. The van der Waals surface area contributed by atoms with Gasteiger partial charge in [0.05, 0.1) is 17.1 Å². The molecule has 0 atom stereocenters. The lowest BCUT2D eigenvalue weighted by molar-refractivity contribution is -0.119. The van der Waals surface area contributed by atoms with E-state index in [1.807, 2.05) is 27.8 Å². The number of anilines is 2. The molecule has 0 aliphatic rings.